The molecule has 0 unspecified atom stereocenters. The zero-order valence-corrected chi connectivity index (χ0v) is 5.94. The van der Waals surface area contributed by atoms with Crippen LogP contribution in [0.25, 0.3) is 0 Å². The Kier molecular flexibility index (Phi) is 2.02. The van der Waals surface area contributed by atoms with Crippen molar-refractivity contribution in [2.24, 2.45) is 5.73 Å². The number of rotatable bonds is 2. The van der Waals surface area contributed by atoms with Crippen molar-refractivity contribution in [3.05, 3.63) is 11.8 Å². The molecular formula is C5H8N2OS. The van der Waals surface area contributed by atoms with Gasteiger partial charge in [-0.1, -0.05) is 0 Å². The fourth-order valence-corrected chi connectivity index (χ4v) is 1.08. The van der Waals surface area contributed by atoms with E-state index >= 15 is 0 Å². The number of hydrogen-bond acceptors (Lipinski definition) is 4. The predicted octanol–water partition coefficient (Wildman–Crippen LogP) is 0.610. The zero-order valence-electron chi connectivity index (χ0n) is 5.13. The molecule has 0 aliphatic heterocycles. The molecule has 0 aliphatic carbocycles. The molecule has 0 fully saturated rings. The quantitative estimate of drug-likeness (QED) is 0.661. The molecule has 0 bridgehead atoms. The van der Waals surface area contributed by atoms with E-state index in [0.717, 1.165) is 10.8 Å². The Labute approximate surface area is 57.6 Å². The van der Waals surface area contributed by atoms with Crippen LogP contribution in [0, 0.1) is 0 Å². The first-order valence-electron chi connectivity index (χ1n) is 2.56. The molecule has 1 rings (SSSR count). The van der Waals surface area contributed by atoms with Crippen LogP contribution in [0.5, 0.6) is 5.06 Å². The van der Waals surface area contributed by atoms with Crippen molar-refractivity contribution in [1.82, 2.24) is 4.37 Å². The molecule has 0 spiro atoms. The lowest BCUT2D eigenvalue weighted by Crippen LogP contribution is -1.94. The van der Waals surface area contributed by atoms with E-state index in [-0.39, 0.29) is 0 Å². The third-order valence-corrected chi connectivity index (χ3v) is 1.74. The highest BCUT2D eigenvalue weighted by molar-refractivity contribution is 7.07. The van der Waals surface area contributed by atoms with Gasteiger partial charge in [0, 0.05) is 24.1 Å². The van der Waals surface area contributed by atoms with Gasteiger partial charge in [-0.15, -0.1) is 0 Å². The maximum atomic E-state index is 5.31. The van der Waals surface area contributed by atoms with Gasteiger partial charge < -0.3 is 10.5 Å². The van der Waals surface area contributed by atoms with Crippen LogP contribution in [-0.2, 0) is 6.54 Å². The topological polar surface area (TPSA) is 48.1 Å². The van der Waals surface area contributed by atoms with E-state index in [2.05, 4.69) is 4.37 Å². The molecule has 0 amide bonds. The van der Waals surface area contributed by atoms with Gasteiger partial charge in [0.15, 0.2) is 5.06 Å². The number of ether oxygens (including phenoxy) is 1. The van der Waals surface area contributed by atoms with E-state index in [4.69, 9.17) is 10.5 Å². The van der Waals surface area contributed by atoms with Crippen LogP contribution in [0.2, 0.25) is 0 Å². The average Bonchev–Trinajstić information content (AvgIpc) is 2.34. The van der Waals surface area contributed by atoms with Crippen molar-refractivity contribution >= 4 is 11.5 Å². The van der Waals surface area contributed by atoms with Gasteiger partial charge in [-0.25, -0.2) is 0 Å². The predicted molar refractivity (Wildman–Crippen MR) is 36.6 cm³/mol. The molecule has 1 heterocycles. The highest BCUT2D eigenvalue weighted by atomic mass is 32.1. The van der Waals surface area contributed by atoms with Crippen molar-refractivity contribution in [2.75, 3.05) is 7.11 Å². The van der Waals surface area contributed by atoms with Gasteiger partial charge in [0.1, 0.15) is 0 Å². The molecule has 50 valence electrons. The Morgan fingerprint density at radius 2 is 2.67 bits per heavy atom. The summed E-state index contributed by atoms with van der Waals surface area (Å²) in [4.78, 5) is 0. The molecule has 0 radical (unpaired) electrons. The van der Waals surface area contributed by atoms with Gasteiger partial charge >= 0.3 is 0 Å². The van der Waals surface area contributed by atoms with Gasteiger partial charge in [0.05, 0.1) is 12.8 Å². The smallest absolute Gasteiger partial charge is 0.193 e. The maximum Gasteiger partial charge on any atom is 0.193 e. The number of aromatic nitrogens is 1. The summed E-state index contributed by atoms with van der Waals surface area (Å²) in [7, 11) is 1.62. The summed E-state index contributed by atoms with van der Waals surface area (Å²) >= 11 is 1.32. The van der Waals surface area contributed by atoms with Gasteiger partial charge in [0.2, 0.25) is 0 Å². The largest absolute Gasteiger partial charge is 0.486 e. The lowest BCUT2D eigenvalue weighted by molar-refractivity contribution is 0.427. The third-order valence-electron chi connectivity index (χ3n) is 0.948. The second-order valence-electron chi connectivity index (χ2n) is 1.55. The standard InChI is InChI=1S/C5H8N2OS/c1-8-5-2-4(3-6)7-9-5/h2H,3,6H2,1H3. The van der Waals surface area contributed by atoms with Gasteiger partial charge in [0.25, 0.3) is 0 Å². The molecule has 4 heteroatoms. The van der Waals surface area contributed by atoms with Crippen molar-refractivity contribution in [3.63, 3.8) is 0 Å². The summed E-state index contributed by atoms with van der Waals surface area (Å²) in [5, 5.41) is 0.815. The Balaban J connectivity index is 2.74. The molecule has 1 aromatic heterocycles. The van der Waals surface area contributed by atoms with Crippen molar-refractivity contribution in [3.8, 4) is 5.06 Å². The van der Waals surface area contributed by atoms with E-state index < -0.39 is 0 Å². The van der Waals surface area contributed by atoms with E-state index in [9.17, 15) is 0 Å². The van der Waals surface area contributed by atoms with Crippen LogP contribution in [0.4, 0.5) is 0 Å². The van der Waals surface area contributed by atoms with E-state index in [1.165, 1.54) is 11.5 Å². The molecule has 1 aromatic rings. The van der Waals surface area contributed by atoms with Crippen LogP contribution in [0.15, 0.2) is 6.07 Å². The third kappa shape index (κ3) is 1.40. The van der Waals surface area contributed by atoms with E-state index in [1.54, 1.807) is 7.11 Å². The normalized spacial score (nSPS) is 9.56. The van der Waals surface area contributed by atoms with Crippen LogP contribution >= 0.6 is 11.5 Å². The molecule has 9 heavy (non-hydrogen) atoms. The number of methoxy groups -OCH3 is 1. The molecule has 0 saturated heterocycles. The molecule has 0 aromatic carbocycles. The minimum absolute atomic E-state index is 0.486. The highest BCUT2D eigenvalue weighted by Crippen LogP contribution is 2.17. The van der Waals surface area contributed by atoms with Gasteiger partial charge in [-0.2, -0.15) is 4.37 Å². The Bertz CT molecular complexity index is 168. The lowest BCUT2D eigenvalue weighted by atomic mass is 10.4. The SMILES string of the molecule is COc1cc(CN)ns1. The average molecular weight is 144 g/mol. The number of nitrogens with zero attached hydrogens (tertiary/aromatic N) is 1. The van der Waals surface area contributed by atoms with Crippen LogP contribution < -0.4 is 10.5 Å². The minimum Gasteiger partial charge on any atom is -0.486 e. The summed E-state index contributed by atoms with van der Waals surface area (Å²) in [5.41, 5.74) is 6.19. The minimum atomic E-state index is 0.486. The Hall–Kier alpha value is -0.610. The van der Waals surface area contributed by atoms with Gasteiger partial charge in [-0.3, -0.25) is 0 Å². The second kappa shape index (κ2) is 2.80. The van der Waals surface area contributed by atoms with Crippen molar-refractivity contribution in [1.29, 1.82) is 0 Å². The number of hydrogen-bond donors (Lipinski definition) is 1. The molecular weight excluding hydrogens is 136 g/mol. The van der Waals surface area contributed by atoms with Crippen LogP contribution in [-0.4, -0.2) is 11.5 Å². The summed E-state index contributed by atoms with van der Waals surface area (Å²) in [5.74, 6) is 0. The Morgan fingerprint density at radius 3 is 3.00 bits per heavy atom. The fraction of sp³-hybridized carbons (Fsp3) is 0.400. The van der Waals surface area contributed by atoms with Crippen LogP contribution in [0.1, 0.15) is 5.69 Å². The molecule has 0 saturated carbocycles. The zero-order chi connectivity index (χ0) is 6.69. The van der Waals surface area contributed by atoms with E-state index in [1.807, 2.05) is 6.07 Å². The molecule has 3 nitrogen and oxygen atoms in total. The highest BCUT2D eigenvalue weighted by Gasteiger charge is 1.96. The number of nitrogens with two attached hydrogens (primary N) is 1. The fourth-order valence-electron chi connectivity index (χ4n) is 0.485. The van der Waals surface area contributed by atoms with Crippen molar-refractivity contribution < 1.29 is 4.74 Å². The Morgan fingerprint density at radius 1 is 1.89 bits per heavy atom. The summed E-state index contributed by atoms with van der Waals surface area (Å²) in [6, 6.07) is 1.84. The monoisotopic (exact) mass is 144 g/mol. The van der Waals surface area contributed by atoms with E-state index in [0.29, 0.717) is 6.54 Å². The summed E-state index contributed by atoms with van der Waals surface area (Å²) < 4.78 is 8.89. The first-order valence-corrected chi connectivity index (χ1v) is 3.34. The van der Waals surface area contributed by atoms with Crippen molar-refractivity contribution in [2.45, 2.75) is 6.54 Å². The maximum absolute atomic E-state index is 5.31. The molecule has 0 aliphatic rings. The first-order chi connectivity index (χ1) is 4.36. The molecule has 0 atom stereocenters. The van der Waals surface area contributed by atoms with Gasteiger partial charge in [-0.05, 0) is 0 Å². The first kappa shape index (κ1) is 6.51. The summed E-state index contributed by atoms with van der Waals surface area (Å²) in [6.45, 7) is 0.486. The van der Waals surface area contributed by atoms with Crippen LogP contribution in [0.3, 0.4) is 0 Å². The lowest BCUT2D eigenvalue weighted by Gasteiger charge is -1.86. The molecule has 2 N–H and O–H groups in total. The summed E-state index contributed by atoms with van der Waals surface area (Å²) in [6.07, 6.45) is 0. The second-order valence-corrected chi connectivity index (χ2v) is 2.31.